The second kappa shape index (κ2) is 4.17. The van der Waals surface area contributed by atoms with E-state index in [9.17, 15) is 10.1 Å². The number of hydrogen-bond acceptors (Lipinski definition) is 6. The smallest absolute Gasteiger partial charge is 0.398 e. The van der Waals surface area contributed by atoms with Crippen molar-refractivity contribution in [3.8, 4) is 0 Å². The fourth-order valence-corrected chi connectivity index (χ4v) is 1.75. The highest BCUT2D eigenvalue weighted by Crippen LogP contribution is 2.36. The standard InChI is InChI=1S/C11H16BN3O4/c1-10(2)11(3,4)19-12(18-10)8-5-7(15(16)17)6-9(13)14-8/h5-6H,1-4H3,(H2,13,14). The second-order valence-corrected chi connectivity index (χ2v) is 5.52. The van der Waals surface area contributed by atoms with Crippen LogP contribution in [0.4, 0.5) is 11.5 Å². The molecule has 1 aromatic rings. The fraction of sp³-hybridized carbons (Fsp3) is 0.545. The van der Waals surface area contributed by atoms with E-state index in [0.29, 0.717) is 5.59 Å². The van der Waals surface area contributed by atoms with Crippen LogP contribution < -0.4 is 11.3 Å². The maximum atomic E-state index is 10.8. The van der Waals surface area contributed by atoms with Crippen molar-refractivity contribution in [3.63, 3.8) is 0 Å². The second-order valence-electron chi connectivity index (χ2n) is 5.52. The summed E-state index contributed by atoms with van der Waals surface area (Å²) < 4.78 is 11.6. The summed E-state index contributed by atoms with van der Waals surface area (Å²) in [6.45, 7) is 7.59. The zero-order valence-electron chi connectivity index (χ0n) is 11.3. The van der Waals surface area contributed by atoms with Gasteiger partial charge in [-0.2, -0.15) is 0 Å². The van der Waals surface area contributed by atoms with Crippen LogP contribution in [0.5, 0.6) is 0 Å². The van der Waals surface area contributed by atoms with E-state index in [-0.39, 0.29) is 11.5 Å². The van der Waals surface area contributed by atoms with Crippen LogP contribution in [-0.2, 0) is 9.31 Å². The molecule has 7 nitrogen and oxygen atoms in total. The van der Waals surface area contributed by atoms with Crippen LogP contribution in [0.15, 0.2) is 12.1 Å². The lowest BCUT2D eigenvalue weighted by molar-refractivity contribution is -0.384. The highest BCUT2D eigenvalue weighted by molar-refractivity contribution is 6.61. The van der Waals surface area contributed by atoms with Crippen LogP contribution in [0.1, 0.15) is 27.7 Å². The van der Waals surface area contributed by atoms with Crippen molar-refractivity contribution in [2.45, 2.75) is 38.9 Å². The van der Waals surface area contributed by atoms with E-state index in [4.69, 9.17) is 15.0 Å². The van der Waals surface area contributed by atoms with Crippen molar-refractivity contribution in [2.75, 3.05) is 5.73 Å². The molecule has 1 fully saturated rings. The lowest BCUT2D eigenvalue weighted by Gasteiger charge is -2.32. The van der Waals surface area contributed by atoms with Crippen molar-refractivity contribution >= 4 is 24.2 Å². The average molecular weight is 265 g/mol. The van der Waals surface area contributed by atoms with Gasteiger partial charge in [0.05, 0.1) is 27.8 Å². The summed E-state index contributed by atoms with van der Waals surface area (Å²) in [7, 11) is -0.757. The number of aromatic nitrogens is 1. The van der Waals surface area contributed by atoms with E-state index in [2.05, 4.69) is 4.98 Å². The lowest BCUT2D eigenvalue weighted by Crippen LogP contribution is -2.41. The van der Waals surface area contributed by atoms with Crippen LogP contribution in [0.3, 0.4) is 0 Å². The van der Waals surface area contributed by atoms with Gasteiger partial charge in [0.15, 0.2) is 0 Å². The third kappa shape index (κ3) is 2.41. The third-order valence-electron chi connectivity index (χ3n) is 3.56. The van der Waals surface area contributed by atoms with Crippen LogP contribution in [0.25, 0.3) is 0 Å². The predicted octanol–water partition coefficient (Wildman–Crippen LogP) is 0.871. The summed E-state index contributed by atoms with van der Waals surface area (Å²) in [5.74, 6) is 0.0684. The molecule has 0 spiro atoms. The molecular weight excluding hydrogens is 249 g/mol. The topological polar surface area (TPSA) is 101 Å². The Kier molecular flexibility index (Phi) is 3.02. The van der Waals surface area contributed by atoms with Gasteiger partial charge in [-0.25, -0.2) is 4.98 Å². The van der Waals surface area contributed by atoms with E-state index in [1.807, 2.05) is 27.7 Å². The summed E-state index contributed by atoms with van der Waals surface area (Å²) in [5.41, 5.74) is 4.70. The summed E-state index contributed by atoms with van der Waals surface area (Å²) in [6.07, 6.45) is 0. The third-order valence-corrected chi connectivity index (χ3v) is 3.56. The molecule has 2 heterocycles. The first-order valence-electron chi connectivity index (χ1n) is 5.90. The molecular formula is C11H16BN3O4. The maximum absolute atomic E-state index is 10.8. The molecule has 0 aromatic carbocycles. The van der Waals surface area contributed by atoms with Gasteiger partial charge in [-0.05, 0) is 27.7 Å². The van der Waals surface area contributed by atoms with Crippen molar-refractivity contribution in [2.24, 2.45) is 0 Å². The van der Waals surface area contributed by atoms with Gasteiger partial charge in [0.2, 0.25) is 0 Å². The molecule has 0 saturated carbocycles. The van der Waals surface area contributed by atoms with E-state index in [1.165, 1.54) is 12.1 Å². The van der Waals surface area contributed by atoms with Crippen LogP contribution in [0, 0.1) is 10.1 Å². The van der Waals surface area contributed by atoms with E-state index < -0.39 is 23.2 Å². The number of nitro groups is 1. The normalized spacial score (nSPS) is 20.5. The Hall–Kier alpha value is -1.67. The summed E-state index contributed by atoms with van der Waals surface area (Å²) in [4.78, 5) is 14.3. The molecule has 0 amide bonds. The largest absolute Gasteiger partial charge is 0.514 e. The minimum Gasteiger partial charge on any atom is -0.398 e. The zero-order valence-corrected chi connectivity index (χ0v) is 11.3. The van der Waals surface area contributed by atoms with Gasteiger partial charge in [0, 0.05) is 6.07 Å². The molecule has 1 aliphatic rings. The van der Waals surface area contributed by atoms with Crippen molar-refractivity contribution in [1.82, 2.24) is 4.98 Å². The number of nitrogen functional groups attached to an aromatic ring is 1. The number of rotatable bonds is 2. The quantitative estimate of drug-likeness (QED) is 0.483. The Morgan fingerprint density at radius 1 is 1.26 bits per heavy atom. The van der Waals surface area contributed by atoms with Gasteiger partial charge in [-0.15, -0.1) is 0 Å². The zero-order chi connectivity index (χ0) is 14.4. The molecule has 2 N–H and O–H groups in total. The first kappa shape index (κ1) is 13.8. The molecule has 0 unspecified atom stereocenters. The number of nitrogens with two attached hydrogens (primary N) is 1. The van der Waals surface area contributed by atoms with Crippen LogP contribution in [0.2, 0.25) is 0 Å². The number of hydrogen-bond donors (Lipinski definition) is 1. The SMILES string of the molecule is CC1(C)OB(c2cc([N+](=O)[O-])cc(N)n2)OC1(C)C. The lowest BCUT2D eigenvalue weighted by atomic mass is 9.84. The Labute approximate surface area is 111 Å². The van der Waals surface area contributed by atoms with E-state index in [1.54, 1.807) is 0 Å². The monoisotopic (exact) mass is 265 g/mol. The number of anilines is 1. The van der Waals surface area contributed by atoms with Gasteiger partial charge >= 0.3 is 7.12 Å². The Bertz CT molecular complexity index is 517. The minimum atomic E-state index is -0.757. The van der Waals surface area contributed by atoms with Gasteiger partial charge in [0.25, 0.3) is 5.69 Å². The summed E-state index contributed by atoms with van der Waals surface area (Å²) in [6, 6.07) is 2.52. The molecule has 102 valence electrons. The minimum absolute atomic E-state index is 0.0684. The molecule has 0 radical (unpaired) electrons. The van der Waals surface area contributed by atoms with Gasteiger partial charge in [-0.3, -0.25) is 10.1 Å². The molecule has 0 aliphatic carbocycles. The van der Waals surface area contributed by atoms with Crippen molar-refractivity contribution < 1.29 is 14.2 Å². The van der Waals surface area contributed by atoms with Gasteiger partial charge < -0.3 is 15.0 Å². The molecule has 0 bridgehead atoms. The number of pyridine rings is 1. The van der Waals surface area contributed by atoms with Crippen molar-refractivity contribution in [3.05, 3.63) is 22.2 Å². The molecule has 1 aliphatic heterocycles. The Morgan fingerprint density at radius 2 is 1.79 bits per heavy atom. The summed E-state index contributed by atoms with van der Waals surface area (Å²) in [5, 5.41) is 10.8. The molecule has 0 atom stereocenters. The molecule has 8 heteroatoms. The van der Waals surface area contributed by atoms with Crippen molar-refractivity contribution in [1.29, 1.82) is 0 Å². The Balaban J connectivity index is 2.37. The first-order chi connectivity index (χ1) is 8.62. The summed E-state index contributed by atoms with van der Waals surface area (Å²) >= 11 is 0. The van der Waals surface area contributed by atoms with Gasteiger partial charge in [0.1, 0.15) is 5.82 Å². The predicted molar refractivity (Wildman–Crippen MR) is 71.0 cm³/mol. The Morgan fingerprint density at radius 3 is 2.26 bits per heavy atom. The molecule has 1 aromatic heterocycles. The molecule has 1 saturated heterocycles. The maximum Gasteiger partial charge on any atom is 0.514 e. The van der Waals surface area contributed by atoms with Gasteiger partial charge in [-0.1, -0.05) is 0 Å². The first-order valence-corrected chi connectivity index (χ1v) is 5.90. The number of nitrogens with zero attached hydrogens (tertiary/aromatic N) is 2. The van der Waals surface area contributed by atoms with E-state index >= 15 is 0 Å². The fourth-order valence-electron chi connectivity index (χ4n) is 1.75. The molecule has 2 rings (SSSR count). The van der Waals surface area contributed by atoms with Crippen LogP contribution in [-0.4, -0.2) is 28.2 Å². The van der Waals surface area contributed by atoms with E-state index in [0.717, 1.165) is 0 Å². The van der Waals surface area contributed by atoms with Crippen LogP contribution >= 0.6 is 0 Å². The molecule has 19 heavy (non-hydrogen) atoms. The highest BCUT2D eigenvalue weighted by atomic mass is 16.7. The highest BCUT2D eigenvalue weighted by Gasteiger charge is 2.52. The average Bonchev–Trinajstić information content (AvgIpc) is 2.47.